The maximum Gasteiger partial charge on any atom is 0.300 e. The van der Waals surface area contributed by atoms with Crippen LogP contribution in [0, 0.1) is 0 Å². The molecule has 0 spiro atoms. The lowest BCUT2D eigenvalue weighted by atomic mass is 10.1. The molecule has 1 aromatic rings. The van der Waals surface area contributed by atoms with Crippen LogP contribution in [0.5, 0.6) is 0 Å². The number of nitrogens with zero attached hydrogens (tertiary/aromatic N) is 1. The molecule has 0 aliphatic carbocycles. The van der Waals surface area contributed by atoms with Crippen LogP contribution in [0.15, 0.2) is 24.3 Å². The molecule has 0 bridgehead atoms. The zero-order valence-electron chi connectivity index (χ0n) is 12.4. The van der Waals surface area contributed by atoms with Gasteiger partial charge in [0.15, 0.2) is 0 Å². The van der Waals surface area contributed by atoms with Crippen molar-refractivity contribution in [3.8, 4) is 0 Å². The van der Waals surface area contributed by atoms with Crippen molar-refractivity contribution >= 4 is 30.3 Å². The van der Waals surface area contributed by atoms with Gasteiger partial charge in [-0.05, 0) is 51.6 Å². The maximum atomic E-state index is 12.5. The van der Waals surface area contributed by atoms with Crippen molar-refractivity contribution < 1.29 is 18.6 Å². The summed E-state index contributed by atoms with van der Waals surface area (Å²) in [5.41, 5.74) is 0.688. The van der Waals surface area contributed by atoms with Gasteiger partial charge in [-0.1, -0.05) is 12.1 Å². The molecule has 1 aromatic carbocycles. The Morgan fingerprint density at radius 1 is 0.952 bits per heavy atom. The van der Waals surface area contributed by atoms with Crippen molar-refractivity contribution in [2.75, 3.05) is 0 Å². The van der Waals surface area contributed by atoms with E-state index < -0.39 is 18.5 Å². The fourth-order valence-corrected chi connectivity index (χ4v) is 5.49. The Labute approximate surface area is 129 Å². The number of carbonyl (C=O) groups excluding carboxylic acids is 2. The highest BCUT2D eigenvalue weighted by molar-refractivity contribution is 8.09. The summed E-state index contributed by atoms with van der Waals surface area (Å²) in [7, 11) is 0. The van der Waals surface area contributed by atoms with Crippen molar-refractivity contribution in [3.63, 3.8) is 0 Å². The lowest BCUT2D eigenvalue weighted by Gasteiger charge is -2.31. The topological polar surface area (TPSA) is 55.8 Å². The molecule has 0 fully saturated rings. The molecule has 5 nitrogen and oxygen atoms in total. The third-order valence-electron chi connectivity index (χ3n) is 2.71. The highest BCUT2D eigenvalue weighted by Gasteiger charge is 2.46. The Balaban J connectivity index is 2.46. The van der Waals surface area contributed by atoms with Gasteiger partial charge in [0.25, 0.3) is 18.5 Å². The number of hydrogen-bond donors (Lipinski definition) is 0. The van der Waals surface area contributed by atoms with Crippen LogP contribution in [0.2, 0.25) is 0 Å². The second kappa shape index (κ2) is 5.97. The summed E-state index contributed by atoms with van der Waals surface area (Å²) in [6, 6.07) is 6.65. The van der Waals surface area contributed by atoms with Crippen LogP contribution in [-0.2, 0) is 20.9 Å². The van der Waals surface area contributed by atoms with E-state index in [0.717, 1.165) is 4.67 Å². The molecule has 0 radical (unpaired) electrons. The fourth-order valence-electron chi connectivity index (χ4n) is 2.05. The number of benzene rings is 1. The molecule has 0 N–H and O–H groups in total. The minimum absolute atomic E-state index is 0.251. The summed E-state index contributed by atoms with van der Waals surface area (Å²) in [5.74, 6) is -0.888. The summed E-state index contributed by atoms with van der Waals surface area (Å²) in [6.07, 6.45) is -0.502. The van der Waals surface area contributed by atoms with E-state index in [4.69, 9.17) is 20.9 Å². The van der Waals surface area contributed by atoms with Gasteiger partial charge >= 0.3 is 0 Å². The first-order valence-electron chi connectivity index (χ1n) is 6.71. The molecule has 1 aliphatic rings. The lowest BCUT2D eigenvalue weighted by Crippen LogP contribution is -2.30. The third-order valence-corrected chi connectivity index (χ3v) is 5.94. The van der Waals surface area contributed by atoms with Crippen molar-refractivity contribution in [1.29, 1.82) is 0 Å². The van der Waals surface area contributed by atoms with E-state index in [-0.39, 0.29) is 12.2 Å². The molecular weight excluding hydrogens is 309 g/mol. The zero-order valence-corrected chi connectivity index (χ0v) is 14.1. The molecule has 0 aromatic heterocycles. The van der Waals surface area contributed by atoms with E-state index >= 15 is 0 Å². The van der Waals surface area contributed by atoms with E-state index in [2.05, 4.69) is 0 Å². The molecule has 0 atom stereocenters. The first-order valence-corrected chi connectivity index (χ1v) is 9.30. The smallest absolute Gasteiger partial charge is 0.300 e. The molecular formula is C14H18NO4PS. The number of hydrogen-bond acceptors (Lipinski definition) is 5. The normalized spacial score (nSPS) is 15.2. The Hall–Kier alpha value is -1.07. The summed E-state index contributed by atoms with van der Waals surface area (Å²) < 4.78 is 12.4. The molecule has 114 valence electrons. The van der Waals surface area contributed by atoms with Gasteiger partial charge in [0.2, 0.25) is 0 Å². The van der Waals surface area contributed by atoms with Crippen LogP contribution in [0.4, 0.5) is 0 Å². The predicted molar refractivity (Wildman–Crippen MR) is 83.7 cm³/mol. The van der Waals surface area contributed by atoms with Gasteiger partial charge in [-0.3, -0.25) is 9.59 Å². The third kappa shape index (κ3) is 3.09. The van der Waals surface area contributed by atoms with Crippen molar-refractivity contribution in [2.24, 2.45) is 0 Å². The highest BCUT2D eigenvalue weighted by atomic mass is 32.5. The molecule has 7 heteroatoms. The summed E-state index contributed by atoms with van der Waals surface area (Å²) in [6.45, 7) is 3.97. The number of fused-ring (bicyclic) bond motifs is 1. The largest absolute Gasteiger partial charge is 0.311 e. The number of carbonyl (C=O) groups is 2. The Bertz CT molecular complexity index is 580. The van der Waals surface area contributed by atoms with Crippen LogP contribution in [-0.4, -0.2) is 28.7 Å². The molecule has 1 aliphatic heterocycles. The molecule has 2 rings (SSSR count). The SMILES string of the molecule is CC(C)OP(=S)(OC(C)C)N1C(=O)c2ccccc2C1=O. The van der Waals surface area contributed by atoms with E-state index in [9.17, 15) is 9.59 Å². The summed E-state index contributed by atoms with van der Waals surface area (Å²) >= 11 is 5.47. The Morgan fingerprint density at radius 2 is 1.33 bits per heavy atom. The molecule has 0 saturated heterocycles. The highest BCUT2D eigenvalue weighted by Crippen LogP contribution is 2.57. The molecule has 0 saturated carbocycles. The summed E-state index contributed by atoms with van der Waals surface area (Å²) in [4.78, 5) is 25.0. The maximum absolute atomic E-state index is 12.5. The minimum atomic E-state index is -3.21. The second-order valence-electron chi connectivity index (χ2n) is 5.24. The zero-order chi connectivity index (χ0) is 15.8. The number of imide groups is 1. The van der Waals surface area contributed by atoms with Gasteiger partial charge in [-0.15, -0.1) is 0 Å². The predicted octanol–water partition coefficient (Wildman–Crippen LogP) is 3.36. The Morgan fingerprint density at radius 3 is 1.67 bits per heavy atom. The van der Waals surface area contributed by atoms with Crippen molar-refractivity contribution in [2.45, 2.75) is 39.9 Å². The quantitative estimate of drug-likeness (QED) is 0.613. The van der Waals surface area contributed by atoms with Gasteiger partial charge in [0.05, 0.1) is 23.3 Å². The van der Waals surface area contributed by atoms with Crippen molar-refractivity contribution in [3.05, 3.63) is 35.4 Å². The summed E-state index contributed by atoms with van der Waals surface area (Å²) in [5, 5.41) is 0. The number of rotatable bonds is 5. The molecule has 0 unspecified atom stereocenters. The van der Waals surface area contributed by atoms with Crippen LogP contribution in [0.3, 0.4) is 0 Å². The van der Waals surface area contributed by atoms with Crippen LogP contribution < -0.4 is 0 Å². The van der Waals surface area contributed by atoms with Gasteiger partial charge in [-0.2, -0.15) is 4.67 Å². The first-order chi connectivity index (χ1) is 9.76. The van der Waals surface area contributed by atoms with E-state index in [0.29, 0.717) is 11.1 Å². The number of amides is 2. The average Bonchev–Trinajstić information content (AvgIpc) is 2.61. The fraction of sp³-hybridized carbons (Fsp3) is 0.429. The van der Waals surface area contributed by atoms with E-state index in [1.165, 1.54) is 0 Å². The average molecular weight is 327 g/mol. The van der Waals surface area contributed by atoms with Crippen LogP contribution in [0.25, 0.3) is 0 Å². The van der Waals surface area contributed by atoms with Gasteiger partial charge < -0.3 is 9.05 Å². The molecule has 21 heavy (non-hydrogen) atoms. The lowest BCUT2D eigenvalue weighted by molar-refractivity contribution is 0.0693. The van der Waals surface area contributed by atoms with E-state index in [1.807, 2.05) is 0 Å². The minimum Gasteiger partial charge on any atom is -0.311 e. The molecule has 2 amide bonds. The molecule has 1 heterocycles. The van der Waals surface area contributed by atoms with Crippen molar-refractivity contribution in [1.82, 2.24) is 4.67 Å². The van der Waals surface area contributed by atoms with Crippen LogP contribution in [0.1, 0.15) is 48.4 Å². The first kappa shape index (κ1) is 16.3. The monoisotopic (exact) mass is 327 g/mol. The van der Waals surface area contributed by atoms with Gasteiger partial charge in [0.1, 0.15) is 0 Å². The standard InChI is InChI=1S/C14H18NO4PS/c1-9(2)18-20(21,19-10(3)4)15-13(16)11-7-5-6-8-12(11)14(15)17/h5-10H,1-4H3. The Kier molecular flexibility index (Phi) is 4.63. The second-order valence-corrected chi connectivity index (χ2v) is 8.39. The van der Waals surface area contributed by atoms with Crippen LogP contribution >= 0.6 is 6.64 Å². The van der Waals surface area contributed by atoms with Gasteiger partial charge in [0, 0.05) is 0 Å². The van der Waals surface area contributed by atoms with E-state index in [1.54, 1.807) is 52.0 Å². The van der Waals surface area contributed by atoms with Gasteiger partial charge in [-0.25, -0.2) is 0 Å².